The van der Waals surface area contributed by atoms with E-state index < -0.39 is 0 Å². The summed E-state index contributed by atoms with van der Waals surface area (Å²) in [5.74, 6) is 0.525. The molecule has 5 heteroatoms. The first kappa shape index (κ1) is 17.1. The Labute approximate surface area is 148 Å². The van der Waals surface area contributed by atoms with E-state index in [4.69, 9.17) is 0 Å². The average molecular weight is 343 g/mol. The van der Waals surface area contributed by atoms with Crippen molar-refractivity contribution >= 4 is 34.6 Å². The predicted octanol–water partition coefficient (Wildman–Crippen LogP) is 3.94. The highest BCUT2D eigenvalue weighted by Crippen LogP contribution is 2.43. The van der Waals surface area contributed by atoms with Crippen molar-refractivity contribution in [1.29, 1.82) is 0 Å². The zero-order valence-corrected chi connectivity index (χ0v) is 16.1. The number of thioether (sulfide) groups is 1. The zero-order chi connectivity index (χ0) is 17.6. The van der Waals surface area contributed by atoms with Crippen molar-refractivity contribution in [2.75, 3.05) is 26.0 Å². The Balaban J connectivity index is 1.97. The highest BCUT2D eigenvalue weighted by Gasteiger charge is 2.34. The average Bonchev–Trinajstić information content (AvgIpc) is 2.80. The van der Waals surface area contributed by atoms with Crippen LogP contribution in [0.1, 0.15) is 44.2 Å². The first-order chi connectivity index (χ1) is 11.2. The molecule has 128 valence electrons. The smallest absolute Gasteiger partial charge is 0.266 e. The van der Waals surface area contributed by atoms with Crippen LogP contribution in [-0.2, 0) is 4.79 Å². The van der Waals surface area contributed by atoms with Crippen molar-refractivity contribution in [2.45, 2.75) is 38.6 Å². The molecule has 0 aliphatic carbocycles. The lowest BCUT2D eigenvalue weighted by Crippen LogP contribution is -2.45. The summed E-state index contributed by atoms with van der Waals surface area (Å²) in [6.07, 6.45) is 3.11. The fourth-order valence-electron chi connectivity index (χ4n) is 3.59. The maximum absolute atomic E-state index is 12.3. The number of likely N-dealkylation sites (N-methyl/N-ethyl adjacent to an activating group) is 1. The molecule has 0 spiro atoms. The van der Waals surface area contributed by atoms with E-state index in [-0.39, 0.29) is 11.4 Å². The molecule has 1 atom stereocenters. The van der Waals surface area contributed by atoms with E-state index in [2.05, 4.69) is 55.9 Å². The van der Waals surface area contributed by atoms with Crippen LogP contribution < -0.4 is 4.90 Å². The second kappa shape index (κ2) is 5.96. The van der Waals surface area contributed by atoms with Crippen LogP contribution in [-0.4, -0.2) is 42.7 Å². The number of amides is 1. The summed E-state index contributed by atoms with van der Waals surface area (Å²) in [5, 5.41) is 0.749. The lowest BCUT2D eigenvalue weighted by atomic mass is 9.80. The summed E-state index contributed by atoms with van der Waals surface area (Å²) >= 11 is 1.44. The van der Waals surface area contributed by atoms with E-state index in [1.54, 1.807) is 19.0 Å². The summed E-state index contributed by atoms with van der Waals surface area (Å²) < 4.78 is 0. The molecule has 1 aromatic carbocycles. The number of fused-ring (bicyclic) bond motifs is 1. The molecule has 0 aromatic heterocycles. The highest BCUT2D eigenvalue weighted by molar-refractivity contribution is 8.18. The van der Waals surface area contributed by atoms with Gasteiger partial charge in [-0.2, -0.15) is 0 Å². The van der Waals surface area contributed by atoms with E-state index in [9.17, 15) is 4.79 Å². The number of rotatable bonds is 1. The van der Waals surface area contributed by atoms with E-state index in [1.807, 2.05) is 6.08 Å². The standard InChI is InChI=1S/C19H25N3OS/c1-12-11-19(2,3)22(6)15-8-7-13(9-14(12)15)10-16-17(23)21(5)18(20-4)24-16/h7-10,12H,11H2,1-6H3/b16-10-,20-18?/t12-/m1/s1. The van der Waals surface area contributed by atoms with Crippen molar-refractivity contribution in [3.63, 3.8) is 0 Å². The molecule has 0 bridgehead atoms. The molecular formula is C19H25N3OS. The Bertz CT molecular complexity index is 751. The van der Waals surface area contributed by atoms with E-state index in [0.717, 1.165) is 22.1 Å². The van der Waals surface area contributed by atoms with Gasteiger partial charge < -0.3 is 4.90 Å². The van der Waals surface area contributed by atoms with Crippen molar-refractivity contribution in [3.8, 4) is 0 Å². The van der Waals surface area contributed by atoms with Gasteiger partial charge in [-0.1, -0.05) is 13.0 Å². The summed E-state index contributed by atoms with van der Waals surface area (Å²) in [4.78, 5) is 21.2. The number of nitrogens with zero attached hydrogens (tertiary/aromatic N) is 3. The fourth-order valence-corrected chi connectivity index (χ4v) is 4.51. The fraction of sp³-hybridized carbons (Fsp3) is 0.474. The van der Waals surface area contributed by atoms with E-state index in [1.165, 1.54) is 23.0 Å². The van der Waals surface area contributed by atoms with Gasteiger partial charge in [0.2, 0.25) is 0 Å². The van der Waals surface area contributed by atoms with Gasteiger partial charge in [-0.25, -0.2) is 0 Å². The third-order valence-corrected chi connectivity index (χ3v) is 6.30. The highest BCUT2D eigenvalue weighted by atomic mass is 32.2. The van der Waals surface area contributed by atoms with Crippen LogP contribution in [0.25, 0.3) is 6.08 Å². The van der Waals surface area contributed by atoms with Crippen LogP contribution in [0.4, 0.5) is 5.69 Å². The molecule has 1 amide bonds. The molecular weight excluding hydrogens is 318 g/mol. The van der Waals surface area contributed by atoms with Gasteiger partial charge in [-0.15, -0.1) is 0 Å². The Morgan fingerprint density at radius 3 is 2.67 bits per heavy atom. The van der Waals surface area contributed by atoms with Crippen LogP contribution >= 0.6 is 11.8 Å². The molecule has 4 nitrogen and oxygen atoms in total. The number of amidine groups is 1. The molecule has 0 N–H and O–H groups in total. The molecule has 1 aromatic rings. The van der Waals surface area contributed by atoms with E-state index in [0.29, 0.717) is 5.92 Å². The first-order valence-corrected chi connectivity index (χ1v) is 9.08. The largest absolute Gasteiger partial charge is 0.369 e. The van der Waals surface area contributed by atoms with Gasteiger partial charge in [-0.3, -0.25) is 14.7 Å². The molecule has 2 aliphatic heterocycles. The minimum absolute atomic E-state index is 0.0182. The number of aliphatic imine (C=N–C) groups is 1. The monoisotopic (exact) mass is 343 g/mol. The van der Waals surface area contributed by atoms with Gasteiger partial charge in [-0.05, 0) is 67.3 Å². The van der Waals surface area contributed by atoms with Gasteiger partial charge in [0.1, 0.15) is 0 Å². The third kappa shape index (κ3) is 2.75. The Kier molecular flexibility index (Phi) is 4.24. The van der Waals surface area contributed by atoms with Gasteiger partial charge in [0.25, 0.3) is 5.91 Å². The van der Waals surface area contributed by atoms with Crippen LogP contribution in [0.15, 0.2) is 28.1 Å². The quantitative estimate of drug-likeness (QED) is 0.725. The molecule has 24 heavy (non-hydrogen) atoms. The summed E-state index contributed by atoms with van der Waals surface area (Å²) in [6, 6.07) is 6.51. The first-order valence-electron chi connectivity index (χ1n) is 8.27. The molecule has 1 fully saturated rings. The molecule has 0 unspecified atom stereocenters. The van der Waals surface area contributed by atoms with E-state index >= 15 is 0 Å². The van der Waals surface area contributed by atoms with Crippen molar-refractivity contribution in [2.24, 2.45) is 4.99 Å². The topological polar surface area (TPSA) is 35.9 Å². The van der Waals surface area contributed by atoms with Crippen LogP contribution in [0.2, 0.25) is 0 Å². The van der Waals surface area contributed by atoms with Gasteiger partial charge in [0, 0.05) is 32.4 Å². The van der Waals surface area contributed by atoms with Gasteiger partial charge >= 0.3 is 0 Å². The second-order valence-corrected chi connectivity index (χ2v) is 8.28. The minimum atomic E-state index is 0.0182. The van der Waals surface area contributed by atoms with Gasteiger partial charge in [0.05, 0.1) is 4.91 Å². The van der Waals surface area contributed by atoms with Crippen molar-refractivity contribution < 1.29 is 4.79 Å². The SMILES string of the molecule is CN=C1S/C(=C\c2ccc3c(c2)[C@H](C)CC(C)(C)N3C)C(=O)N1C. The number of carbonyl (C=O) groups excluding carboxylic acids is 1. The maximum atomic E-state index is 12.3. The van der Waals surface area contributed by atoms with Crippen LogP contribution in [0.3, 0.4) is 0 Å². The third-order valence-electron chi connectivity index (χ3n) is 5.15. The van der Waals surface area contributed by atoms with Crippen LogP contribution in [0, 0.1) is 0 Å². The Morgan fingerprint density at radius 1 is 1.33 bits per heavy atom. The zero-order valence-electron chi connectivity index (χ0n) is 15.3. The second-order valence-electron chi connectivity index (χ2n) is 7.28. The molecule has 3 rings (SSSR count). The lowest BCUT2D eigenvalue weighted by molar-refractivity contribution is -0.121. The predicted molar refractivity (Wildman–Crippen MR) is 104 cm³/mol. The number of hydrogen-bond donors (Lipinski definition) is 0. The van der Waals surface area contributed by atoms with Crippen molar-refractivity contribution in [3.05, 3.63) is 34.2 Å². The van der Waals surface area contributed by atoms with Crippen molar-refractivity contribution in [1.82, 2.24) is 4.90 Å². The van der Waals surface area contributed by atoms with Gasteiger partial charge in [0.15, 0.2) is 5.17 Å². The minimum Gasteiger partial charge on any atom is -0.369 e. The number of benzene rings is 1. The molecule has 1 saturated heterocycles. The lowest BCUT2D eigenvalue weighted by Gasteiger charge is -2.45. The molecule has 0 saturated carbocycles. The Morgan fingerprint density at radius 2 is 2.04 bits per heavy atom. The van der Waals surface area contributed by atoms with Crippen LogP contribution in [0.5, 0.6) is 0 Å². The number of anilines is 1. The number of hydrogen-bond acceptors (Lipinski definition) is 4. The molecule has 0 radical (unpaired) electrons. The summed E-state index contributed by atoms with van der Waals surface area (Å²) in [5.41, 5.74) is 3.90. The molecule has 2 aliphatic rings. The molecule has 2 heterocycles. The Hall–Kier alpha value is -1.75. The summed E-state index contributed by atoms with van der Waals surface area (Å²) in [7, 11) is 5.65. The summed E-state index contributed by atoms with van der Waals surface area (Å²) in [6.45, 7) is 6.87. The maximum Gasteiger partial charge on any atom is 0.266 e. The number of carbonyl (C=O) groups is 1. The normalized spacial score (nSPS) is 26.4.